The molecular weight excluding hydrogens is 616 g/mol. The third-order valence-electron chi connectivity index (χ3n) is 7.37. The number of Topliss-reactive ketones (excluding diaryl/α,β-unsaturated/α-hetero) is 1. The van der Waals surface area contributed by atoms with Crippen molar-refractivity contribution in [2.24, 2.45) is 0 Å². The first-order valence-electron chi connectivity index (χ1n) is 15.0. The summed E-state index contributed by atoms with van der Waals surface area (Å²) in [6.07, 6.45) is 1.50. The van der Waals surface area contributed by atoms with Crippen molar-refractivity contribution in [2.45, 2.75) is 13.5 Å². The van der Waals surface area contributed by atoms with E-state index in [1.807, 2.05) is 12.1 Å². The zero-order valence-corrected chi connectivity index (χ0v) is 27.1. The lowest BCUT2D eigenvalue weighted by Gasteiger charge is -2.36. The Morgan fingerprint density at radius 2 is 1.79 bits per heavy atom. The van der Waals surface area contributed by atoms with Crippen LogP contribution in [0.4, 0.5) is 33.6 Å². The number of nitrogens with zero attached hydrogens (tertiary/aromatic N) is 5. The smallest absolute Gasteiger partial charge is 0.330 e. The maximum absolute atomic E-state index is 13.9. The quantitative estimate of drug-likeness (QED) is 0.156. The molecule has 0 unspecified atom stereocenters. The number of methoxy groups -OCH3 is 2. The molecule has 14 heteroatoms. The van der Waals surface area contributed by atoms with E-state index in [0.717, 1.165) is 0 Å². The Morgan fingerprint density at radius 1 is 1.00 bits per heavy atom. The van der Waals surface area contributed by atoms with Gasteiger partial charge in [-0.15, -0.1) is 0 Å². The zero-order chi connectivity index (χ0) is 34.2. The zero-order valence-electron chi connectivity index (χ0n) is 27.1. The number of ketones is 1. The van der Waals surface area contributed by atoms with Gasteiger partial charge >= 0.3 is 6.03 Å². The van der Waals surface area contributed by atoms with E-state index in [4.69, 9.17) is 19.2 Å². The normalized spacial score (nSPS) is 12.2. The Kier molecular flexibility index (Phi) is 10.5. The fourth-order valence-electron chi connectivity index (χ4n) is 4.79. The summed E-state index contributed by atoms with van der Waals surface area (Å²) in [6, 6.07) is 17.2. The largest absolute Gasteiger partial charge is 0.481 e. The van der Waals surface area contributed by atoms with Crippen LogP contribution in [0.15, 0.2) is 79.0 Å². The summed E-state index contributed by atoms with van der Waals surface area (Å²) >= 11 is 0. The molecule has 3 N–H and O–H groups in total. The second kappa shape index (κ2) is 15.0. The van der Waals surface area contributed by atoms with Crippen LogP contribution in [0, 0.1) is 0 Å². The van der Waals surface area contributed by atoms with E-state index in [0.29, 0.717) is 64.5 Å². The number of carbonyl (C=O) groups is 3. The van der Waals surface area contributed by atoms with E-state index in [-0.39, 0.29) is 42.5 Å². The number of rotatable bonds is 14. The number of carbonyl (C=O) groups excluding carboxylic acids is 3. The summed E-state index contributed by atoms with van der Waals surface area (Å²) in [6.45, 7) is 6.42. The van der Waals surface area contributed by atoms with Gasteiger partial charge in [-0.05, 0) is 55.5 Å². The van der Waals surface area contributed by atoms with Crippen LogP contribution in [-0.2, 0) is 16.1 Å². The Hall–Kier alpha value is -6.02. The van der Waals surface area contributed by atoms with E-state index >= 15 is 0 Å². The molecule has 0 saturated carbocycles. The van der Waals surface area contributed by atoms with Crippen LogP contribution in [0.25, 0.3) is 0 Å². The van der Waals surface area contributed by atoms with E-state index in [9.17, 15) is 14.4 Å². The van der Waals surface area contributed by atoms with Crippen molar-refractivity contribution in [1.82, 2.24) is 25.2 Å². The van der Waals surface area contributed by atoms with Crippen LogP contribution < -0.4 is 30.3 Å². The summed E-state index contributed by atoms with van der Waals surface area (Å²) < 4.78 is 16.9. The molecule has 2 aromatic heterocycles. The van der Waals surface area contributed by atoms with Crippen LogP contribution in [-0.4, -0.2) is 78.5 Å². The van der Waals surface area contributed by atoms with Gasteiger partial charge in [-0.1, -0.05) is 12.6 Å². The predicted molar refractivity (Wildman–Crippen MR) is 181 cm³/mol. The van der Waals surface area contributed by atoms with Crippen LogP contribution in [0.2, 0.25) is 0 Å². The van der Waals surface area contributed by atoms with Crippen LogP contribution in [0.3, 0.4) is 0 Å². The monoisotopic (exact) mass is 652 g/mol. The van der Waals surface area contributed by atoms with Gasteiger partial charge in [0.25, 0.3) is 5.91 Å². The summed E-state index contributed by atoms with van der Waals surface area (Å²) in [5.41, 5.74) is 3.19. The topological polar surface area (TPSA) is 160 Å². The minimum atomic E-state index is -0.316. The highest BCUT2D eigenvalue weighted by Crippen LogP contribution is 2.39. The molecule has 0 atom stereocenters. The molecule has 3 heterocycles. The summed E-state index contributed by atoms with van der Waals surface area (Å²) in [5.74, 6) is 1.44. The third-order valence-corrected chi connectivity index (χ3v) is 7.37. The molecule has 0 saturated heterocycles. The maximum atomic E-state index is 13.9. The van der Waals surface area contributed by atoms with Crippen LogP contribution >= 0.6 is 0 Å². The van der Waals surface area contributed by atoms with Gasteiger partial charge in [0.05, 0.1) is 31.5 Å². The molecular formula is C34H36N8O6. The number of anilines is 5. The summed E-state index contributed by atoms with van der Waals surface area (Å²) in [4.78, 5) is 54.1. The number of fused-ring (bicyclic) bond motifs is 1. The van der Waals surface area contributed by atoms with Gasteiger partial charge in [-0.2, -0.15) is 9.97 Å². The van der Waals surface area contributed by atoms with Gasteiger partial charge < -0.3 is 35.1 Å². The molecule has 5 rings (SSSR count). The maximum Gasteiger partial charge on any atom is 0.330 e. The van der Waals surface area contributed by atoms with E-state index in [1.165, 1.54) is 32.2 Å². The first-order chi connectivity index (χ1) is 23.2. The number of hydrogen-bond donors (Lipinski definition) is 3. The number of pyridine rings is 1. The number of benzene rings is 2. The highest BCUT2D eigenvalue weighted by Gasteiger charge is 2.36. The second-order valence-electron chi connectivity index (χ2n) is 10.7. The van der Waals surface area contributed by atoms with Gasteiger partial charge in [-0.25, -0.2) is 9.69 Å². The molecule has 248 valence electrons. The van der Waals surface area contributed by atoms with E-state index in [2.05, 4.69) is 32.5 Å². The molecule has 48 heavy (non-hydrogen) atoms. The third kappa shape index (κ3) is 7.67. The molecule has 1 aliphatic heterocycles. The number of hydrogen-bond acceptors (Lipinski definition) is 11. The Morgan fingerprint density at radius 3 is 2.50 bits per heavy atom. The standard InChI is InChI=1S/C34H36N8O6/c1-21(22(2)43)19-37-24-7-6-8-25(17-24)42-30-28(20-41(34(42)45)15-16-46-4)32(47-5)40-33(39-30)38-23-9-11-26(12-10-23)48-27-13-14-36-29(18-27)31(44)35-3/h6-14,17-18,37H,1,15-16,19-20H2,2-5H3,(H,35,44)(H,38,39,40). The SMILES string of the molecule is C=C(CNc1cccc(N2C(=O)N(CCOC)Cc3c(OC)nc(Nc4ccc(Oc5ccnc(C(=O)NC)c5)cc4)nc32)c1)C(C)=O. The Bertz CT molecular complexity index is 1830. The van der Waals surface area contributed by atoms with Crippen molar-refractivity contribution < 1.29 is 28.6 Å². The number of aromatic nitrogens is 3. The molecule has 0 radical (unpaired) electrons. The van der Waals surface area contributed by atoms with Gasteiger partial charge in [0.15, 0.2) is 11.6 Å². The van der Waals surface area contributed by atoms with Gasteiger partial charge in [0, 0.05) is 56.5 Å². The van der Waals surface area contributed by atoms with E-state index in [1.54, 1.807) is 60.5 Å². The van der Waals surface area contributed by atoms with Gasteiger partial charge in [0.1, 0.15) is 17.2 Å². The summed E-state index contributed by atoms with van der Waals surface area (Å²) in [5, 5.41) is 8.92. The molecule has 0 fully saturated rings. The first kappa shape index (κ1) is 33.3. The molecule has 3 amide bonds. The van der Waals surface area contributed by atoms with Crippen molar-refractivity contribution in [1.29, 1.82) is 0 Å². The molecule has 2 aromatic carbocycles. The predicted octanol–water partition coefficient (Wildman–Crippen LogP) is 5.05. The molecule has 0 spiro atoms. The molecule has 4 aromatic rings. The average molecular weight is 653 g/mol. The van der Waals surface area contributed by atoms with Crippen LogP contribution in [0.5, 0.6) is 17.4 Å². The highest BCUT2D eigenvalue weighted by molar-refractivity contribution is 6.02. The number of urea groups is 1. The van der Waals surface area contributed by atoms with E-state index < -0.39 is 0 Å². The van der Waals surface area contributed by atoms with Gasteiger partial charge in [0.2, 0.25) is 11.8 Å². The number of ether oxygens (including phenoxy) is 3. The number of nitrogens with one attached hydrogen (secondary N) is 3. The second-order valence-corrected chi connectivity index (χ2v) is 10.7. The average Bonchev–Trinajstić information content (AvgIpc) is 3.10. The van der Waals surface area contributed by atoms with Crippen molar-refractivity contribution in [3.05, 3.63) is 90.3 Å². The Balaban J connectivity index is 1.43. The fourth-order valence-corrected chi connectivity index (χ4v) is 4.79. The van der Waals surface area contributed by atoms with Crippen molar-refractivity contribution >= 4 is 46.5 Å². The molecule has 0 aliphatic carbocycles. The van der Waals surface area contributed by atoms with Crippen molar-refractivity contribution in [3.63, 3.8) is 0 Å². The minimum absolute atomic E-state index is 0.108. The lowest BCUT2D eigenvalue weighted by molar-refractivity contribution is -0.113. The lowest BCUT2D eigenvalue weighted by Crippen LogP contribution is -2.46. The minimum Gasteiger partial charge on any atom is -0.481 e. The van der Waals surface area contributed by atoms with Crippen molar-refractivity contribution in [2.75, 3.05) is 56.5 Å². The molecule has 1 aliphatic rings. The summed E-state index contributed by atoms with van der Waals surface area (Å²) in [7, 11) is 4.62. The number of amides is 3. The first-order valence-corrected chi connectivity index (χ1v) is 15.0. The fraction of sp³-hybridized carbons (Fsp3) is 0.235. The van der Waals surface area contributed by atoms with Crippen LogP contribution in [0.1, 0.15) is 23.0 Å². The highest BCUT2D eigenvalue weighted by atomic mass is 16.5. The molecule has 0 bridgehead atoms. The molecule has 14 nitrogen and oxygen atoms in total. The lowest BCUT2D eigenvalue weighted by atomic mass is 10.1. The Labute approximate surface area is 277 Å². The van der Waals surface area contributed by atoms with Crippen molar-refractivity contribution in [3.8, 4) is 17.4 Å². The van der Waals surface area contributed by atoms with Gasteiger partial charge in [-0.3, -0.25) is 14.6 Å².